The van der Waals surface area contributed by atoms with Gasteiger partial charge in [-0.25, -0.2) is 9.37 Å². The second-order valence-corrected chi connectivity index (χ2v) is 4.49. The number of anilines is 2. The second-order valence-electron chi connectivity index (χ2n) is 4.49. The van der Waals surface area contributed by atoms with E-state index in [1.165, 1.54) is 4.90 Å². The van der Waals surface area contributed by atoms with E-state index in [9.17, 15) is 17.6 Å². The summed E-state index contributed by atoms with van der Waals surface area (Å²) in [6.07, 6.45) is -3.15. The molecule has 0 aliphatic carbocycles. The van der Waals surface area contributed by atoms with E-state index in [-0.39, 0.29) is 24.9 Å². The number of halogens is 4. The molecule has 0 bridgehead atoms. The molecular weight excluding hydrogens is 278 g/mol. The van der Waals surface area contributed by atoms with Crippen molar-refractivity contribution >= 4 is 11.8 Å². The average Bonchev–Trinajstić information content (AvgIpc) is 2.39. The van der Waals surface area contributed by atoms with E-state index < -0.39 is 18.5 Å². The Balaban J connectivity index is 2.00. The van der Waals surface area contributed by atoms with Gasteiger partial charge >= 0.3 is 6.18 Å². The number of hydrogen-bond acceptors (Lipinski definition) is 5. The first-order chi connectivity index (χ1) is 9.39. The number of rotatable bonds is 3. The highest BCUT2D eigenvalue weighted by molar-refractivity contribution is 5.44. The molecule has 1 aromatic rings. The number of nitrogens with one attached hydrogen (secondary N) is 1. The first-order valence-electron chi connectivity index (χ1n) is 6.13. The molecule has 0 radical (unpaired) electrons. The number of hydrogen-bond donors (Lipinski definition) is 1. The lowest BCUT2D eigenvalue weighted by Gasteiger charge is -2.35. The van der Waals surface area contributed by atoms with Gasteiger partial charge in [0.1, 0.15) is 0 Å². The van der Waals surface area contributed by atoms with E-state index in [1.807, 2.05) is 0 Å². The SMILES string of the molecule is CNc1ncc(F)c(N2CCN(CC(F)(F)F)CC2)n1. The summed E-state index contributed by atoms with van der Waals surface area (Å²) in [4.78, 5) is 10.7. The van der Waals surface area contributed by atoms with Crippen molar-refractivity contribution in [1.29, 1.82) is 0 Å². The molecular formula is C11H15F4N5. The van der Waals surface area contributed by atoms with Crippen LogP contribution in [0, 0.1) is 5.82 Å². The lowest BCUT2D eigenvalue weighted by Crippen LogP contribution is -2.49. The minimum atomic E-state index is -4.21. The molecule has 0 amide bonds. The fourth-order valence-electron chi connectivity index (χ4n) is 2.07. The minimum Gasteiger partial charge on any atom is -0.357 e. The molecule has 0 atom stereocenters. The van der Waals surface area contributed by atoms with Crippen molar-refractivity contribution in [2.75, 3.05) is 50.0 Å². The number of piperazine rings is 1. The summed E-state index contributed by atoms with van der Waals surface area (Å²) in [6, 6.07) is 0. The molecule has 2 heterocycles. The summed E-state index contributed by atoms with van der Waals surface area (Å²) in [5.74, 6) is -0.177. The summed E-state index contributed by atoms with van der Waals surface area (Å²) in [5.41, 5.74) is 0. The van der Waals surface area contributed by atoms with E-state index in [0.717, 1.165) is 6.20 Å². The monoisotopic (exact) mass is 293 g/mol. The van der Waals surface area contributed by atoms with Gasteiger partial charge in [0.05, 0.1) is 12.7 Å². The molecule has 2 rings (SSSR count). The molecule has 5 nitrogen and oxygen atoms in total. The van der Waals surface area contributed by atoms with Crippen molar-refractivity contribution in [2.45, 2.75) is 6.18 Å². The predicted molar refractivity (Wildman–Crippen MR) is 66.2 cm³/mol. The number of aromatic nitrogens is 2. The van der Waals surface area contributed by atoms with Crippen LogP contribution in [0.15, 0.2) is 6.20 Å². The third-order valence-electron chi connectivity index (χ3n) is 3.02. The first-order valence-corrected chi connectivity index (χ1v) is 6.13. The maximum atomic E-state index is 13.7. The Bertz CT molecular complexity index is 457. The van der Waals surface area contributed by atoms with Crippen LogP contribution in [0.4, 0.5) is 29.3 Å². The smallest absolute Gasteiger partial charge is 0.357 e. The highest BCUT2D eigenvalue weighted by Gasteiger charge is 2.32. The van der Waals surface area contributed by atoms with E-state index in [4.69, 9.17) is 0 Å². The van der Waals surface area contributed by atoms with E-state index in [0.29, 0.717) is 13.1 Å². The molecule has 0 aromatic carbocycles. The van der Waals surface area contributed by atoms with Gasteiger partial charge in [-0.3, -0.25) is 4.90 Å². The summed E-state index contributed by atoms with van der Waals surface area (Å²) >= 11 is 0. The van der Waals surface area contributed by atoms with Crippen LogP contribution in [0.5, 0.6) is 0 Å². The van der Waals surface area contributed by atoms with Crippen molar-refractivity contribution < 1.29 is 17.6 Å². The van der Waals surface area contributed by atoms with Gasteiger partial charge in [-0.05, 0) is 0 Å². The molecule has 1 fully saturated rings. The topological polar surface area (TPSA) is 44.3 Å². The Labute approximate surface area is 113 Å². The Morgan fingerprint density at radius 3 is 2.45 bits per heavy atom. The highest BCUT2D eigenvalue weighted by atomic mass is 19.4. The van der Waals surface area contributed by atoms with E-state index >= 15 is 0 Å². The Morgan fingerprint density at radius 1 is 1.25 bits per heavy atom. The van der Waals surface area contributed by atoms with Crippen LogP contribution < -0.4 is 10.2 Å². The van der Waals surface area contributed by atoms with Crippen LogP contribution in [-0.2, 0) is 0 Å². The van der Waals surface area contributed by atoms with Gasteiger partial charge in [-0.2, -0.15) is 18.2 Å². The minimum absolute atomic E-state index is 0.121. The fourth-order valence-corrected chi connectivity index (χ4v) is 2.07. The second kappa shape index (κ2) is 5.78. The van der Waals surface area contributed by atoms with Crippen LogP contribution in [0.2, 0.25) is 0 Å². The van der Waals surface area contributed by atoms with Crippen molar-refractivity contribution in [3.63, 3.8) is 0 Å². The molecule has 0 spiro atoms. The van der Waals surface area contributed by atoms with Gasteiger partial charge in [0.25, 0.3) is 0 Å². The van der Waals surface area contributed by atoms with Crippen molar-refractivity contribution in [3.05, 3.63) is 12.0 Å². The number of nitrogens with zero attached hydrogens (tertiary/aromatic N) is 4. The molecule has 1 aromatic heterocycles. The zero-order valence-corrected chi connectivity index (χ0v) is 10.9. The number of alkyl halides is 3. The lowest BCUT2D eigenvalue weighted by atomic mass is 10.3. The van der Waals surface area contributed by atoms with Gasteiger partial charge in [0.15, 0.2) is 11.6 Å². The zero-order chi connectivity index (χ0) is 14.8. The van der Waals surface area contributed by atoms with Crippen LogP contribution in [0.25, 0.3) is 0 Å². The molecule has 0 saturated carbocycles. The quantitative estimate of drug-likeness (QED) is 0.852. The lowest BCUT2D eigenvalue weighted by molar-refractivity contribution is -0.146. The van der Waals surface area contributed by atoms with E-state index in [1.54, 1.807) is 11.9 Å². The highest BCUT2D eigenvalue weighted by Crippen LogP contribution is 2.21. The largest absolute Gasteiger partial charge is 0.401 e. The van der Waals surface area contributed by atoms with Gasteiger partial charge < -0.3 is 10.2 Å². The van der Waals surface area contributed by atoms with Crippen LogP contribution in [0.1, 0.15) is 0 Å². The summed E-state index contributed by atoms with van der Waals surface area (Å²) in [7, 11) is 1.61. The first kappa shape index (κ1) is 14.8. The molecule has 0 unspecified atom stereocenters. The standard InChI is InChI=1S/C11H15F4N5/c1-16-10-17-6-8(12)9(18-10)20-4-2-19(3-5-20)7-11(13,14)15/h6H,2-5,7H2,1H3,(H,16,17,18). The zero-order valence-electron chi connectivity index (χ0n) is 10.9. The summed E-state index contributed by atoms with van der Waals surface area (Å²) in [6.45, 7) is 0.102. The summed E-state index contributed by atoms with van der Waals surface area (Å²) < 4.78 is 50.5. The van der Waals surface area contributed by atoms with Crippen molar-refractivity contribution in [3.8, 4) is 0 Å². The third kappa shape index (κ3) is 3.69. The Hall–Kier alpha value is -1.64. The molecule has 20 heavy (non-hydrogen) atoms. The maximum absolute atomic E-state index is 13.7. The molecule has 1 aliphatic heterocycles. The van der Waals surface area contributed by atoms with E-state index in [2.05, 4.69) is 15.3 Å². The molecule has 112 valence electrons. The molecule has 9 heteroatoms. The van der Waals surface area contributed by atoms with Gasteiger partial charge in [0.2, 0.25) is 5.95 Å². The Kier molecular flexibility index (Phi) is 4.26. The van der Waals surface area contributed by atoms with Gasteiger partial charge in [-0.1, -0.05) is 0 Å². The Morgan fingerprint density at radius 2 is 1.90 bits per heavy atom. The van der Waals surface area contributed by atoms with Crippen molar-refractivity contribution in [1.82, 2.24) is 14.9 Å². The normalized spacial score (nSPS) is 17.4. The fraction of sp³-hybridized carbons (Fsp3) is 0.636. The van der Waals surface area contributed by atoms with Crippen LogP contribution in [-0.4, -0.2) is 60.8 Å². The van der Waals surface area contributed by atoms with Crippen LogP contribution >= 0.6 is 0 Å². The molecule has 1 N–H and O–H groups in total. The average molecular weight is 293 g/mol. The molecule has 1 saturated heterocycles. The summed E-state index contributed by atoms with van der Waals surface area (Å²) in [5, 5.41) is 2.70. The third-order valence-corrected chi connectivity index (χ3v) is 3.02. The van der Waals surface area contributed by atoms with Gasteiger partial charge in [0, 0.05) is 33.2 Å². The van der Waals surface area contributed by atoms with Crippen LogP contribution in [0.3, 0.4) is 0 Å². The van der Waals surface area contributed by atoms with Crippen molar-refractivity contribution in [2.24, 2.45) is 0 Å². The maximum Gasteiger partial charge on any atom is 0.401 e. The molecule has 1 aliphatic rings. The van der Waals surface area contributed by atoms with Gasteiger partial charge in [-0.15, -0.1) is 0 Å². The predicted octanol–water partition coefficient (Wildman–Crippen LogP) is 1.34.